The third-order valence-electron chi connectivity index (χ3n) is 3.59. The second kappa shape index (κ2) is 7.31. The number of anilines is 1. The lowest BCUT2D eigenvalue weighted by molar-refractivity contribution is 0.327. The average molecular weight is 346 g/mol. The van der Waals surface area contributed by atoms with Gasteiger partial charge in [-0.15, -0.1) is 11.3 Å². The van der Waals surface area contributed by atoms with E-state index in [0.717, 1.165) is 23.3 Å². The average Bonchev–Trinajstić information content (AvgIpc) is 3.13. The van der Waals surface area contributed by atoms with Crippen LogP contribution in [0.2, 0.25) is 0 Å². The minimum atomic E-state index is 0.514. The third kappa shape index (κ3) is 3.05. The van der Waals surface area contributed by atoms with Crippen LogP contribution < -0.4 is 19.5 Å². The summed E-state index contributed by atoms with van der Waals surface area (Å²) in [6, 6.07) is 1.85. The van der Waals surface area contributed by atoms with Crippen LogP contribution >= 0.6 is 11.3 Å². The molecule has 3 rings (SSSR count). The molecule has 7 nitrogen and oxygen atoms in total. The minimum Gasteiger partial charge on any atom is -0.493 e. The molecule has 0 radical (unpaired) electrons. The highest BCUT2D eigenvalue weighted by atomic mass is 32.1. The van der Waals surface area contributed by atoms with Crippen LogP contribution in [0.3, 0.4) is 0 Å². The Morgan fingerprint density at radius 2 is 1.88 bits per heavy atom. The predicted octanol–water partition coefficient (Wildman–Crippen LogP) is 2.77. The van der Waals surface area contributed by atoms with Crippen molar-refractivity contribution in [2.24, 2.45) is 0 Å². The normalized spacial score (nSPS) is 10.6. The van der Waals surface area contributed by atoms with Crippen LogP contribution in [0.4, 0.5) is 5.82 Å². The molecule has 0 aliphatic rings. The van der Waals surface area contributed by atoms with Crippen molar-refractivity contribution in [1.29, 1.82) is 0 Å². The highest BCUT2D eigenvalue weighted by molar-refractivity contribution is 7.07. The van der Waals surface area contributed by atoms with Crippen LogP contribution in [0, 0.1) is 0 Å². The molecule has 1 aromatic carbocycles. The van der Waals surface area contributed by atoms with E-state index in [2.05, 4.69) is 20.3 Å². The summed E-state index contributed by atoms with van der Waals surface area (Å²) < 4.78 is 16.3. The third-order valence-corrected chi connectivity index (χ3v) is 4.22. The molecule has 0 saturated carbocycles. The van der Waals surface area contributed by atoms with Crippen molar-refractivity contribution in [2.75, 3.05) is 33.2 Å². The van der Waals surface area contributed by atoms with Gasteiger partial charge in [0, 0.05) is 18.3 Å². The van der Waals surface area contributed by atoms with E-state index < -0.39 is 0 Å². The van der Waals surface area contributed by atoms with Crippen molar-refractivity contribution in [3.63, 3.8) is 0 Å². The lowest BCUT2D eigenvalue weighted by atomic mass is 10.1. The summed E-state index contributed by atoms with van der Waals surface area (Å²) in [7, 11) is 4.73. The fourth-order valence-corrected chi connectivity index (χ4v) is 3.07. The molecule has 0 unspecified atom stereocenters. The number of thiazole rings is 1. The molecule has 8 heteroatoms. The van der Waals surface area contributed by atoms with E-state index in [4.69, 9.17) is 14.2 Å². The maximum Gasteiger partial charge on any atom is 0.205 e. The fourth-order valence-electron chi connectivity index (χ4n) is 2.47. The molecule has 0 amide bonds. The number of methoxy groups -OCH3 is 3. The smallest absolute Gasteiger partial charge is 0.205 e. The first-order valence-corrected chi connectivity index (χ1v) is 8.27. The summed E-state index contributed by atoms with van der Waals surface area (Å²) in [5.74, 6) is 2.32. The number of rotatable bonds is 7. The lowest BCUT2D eigenvalue weighted by Gasteiger charge is -2.15. The molecule has 0 aliphatic heterocycles. The number of fused-ring (bicyclic) bond motifs is 1. The Bertz CT molecular complexity index is 824. The van der Waals surface area contributed by atoms with Crippen molar-refractivity contribution in [2.45, 2.75) is 6.42 Å². The topological polar surface area (TPSA) is 78.4 Å². The molecule has 126 valence electrons. The van der Waals surface area contributed by atoms with Crippen molar-refractivity contribution < 1.29 is 14.2 Å². The van der Waals surface area contributed by atoms with E-state index in [0.29, 0.717) is 29.3 Å². The Morgan fingerprint density at radius 1 is 1.04 bits per heavy atom. The zero-order chi connectivity index (χ0) is 16.9. The molecular weight excluding hydrogens is 328 g/mol. The van der Waals surface area contributed by atoms with Gasteiger partial charge in [0.15, 0.2) is 11.5 Å². The molecular formula is C16H18N4O3S. The minimum absolute atomic E-state index is 0.514. The van der Waals surface area contributed by atoms with Gasteiger partial charge in [0.1, 0.15) is 17.7 Å². The number of aromatic nitrogens is 3. The highest BCUT2D eigenvalue weighted by Gasteiger charge is 2.19. The lowest BCUT2D eigenvalue weighted by Crippen LogP contribution is -2.08. The SMILES string of the molecule is COc1cc2c(NCCc3cscn3)ncnc2c(OC)c1OC. The zero-order valence-corrected chi connectivity index (χ0v) is 14.5. The molecule has 0 atom stereocenters. The maximum atomic E-state index is 5.48. The monoisotopic (exact) mass is 346 g/mol. The van der Waals surface area contributed by atoms with Gasteiger partial charge >= 0.3 is 0 Å². The van der Waals surface area contributed by atoms with Gasteiger partial charge in [0.05, 0.1) is 37.9 Å². The summed E-state index contributed by atoms with van der Waals surface area (Å²) >= 11 is 1.59. The van der Waals surface area contributed by atoms with Crippen molar-refractivity contribution in [1.82, 2.24) is 15.0 Å². The molecule has 0 fully saturated rings. The van der Waals surface area contributed by atoms with Crippen LogP contribution in [0.15, 0.2) is 23.3 Å². The van der Waals surface area contributed by atoms with Crippen molar-refractivity contribution >= 4 is 28.1 Å². The fraction of sp³-hybridized carbons (Fsp3) is 0.312. The number of benzene rings is 1. The van der Waals surface area contributed by atoms with Gasteiger partial charge in [0.25, 0.3) is 0 Å². The molecule has 2 aromatic heterocycles. The van der Waals surface area contributed by atoms with Crippen LogP contribution in [-0.2, 0) is 6.42 Å². The van der Waals surface area contributed by atoms with E-state index in [1.807, 2.05) is 17.0 Å². The Labute approximate surface area is 143 Å². The first-order chi connectivity index (χ1) is 11.8. The molecule has 2 heterocycles. The van der Waals surface area contributed by atoms with Gasteiger partial charge in [-0.2, -0.15) is 0 Å². The summed E-state index contributed by atoms with van der Waals surface area (Å²) in [5.41, 5.74) is 3.56. The zero-order valence-electron chi connectivity index (χ0n) is 13.7. The molecule has 0 saturated heterocycles. The molecule has 0 spiro atoms. The van der Waals surface area contributed by atoms with Gasteiger partial charge in [-0.3, -0.25) is 0 Å². The van der Waals surface area contributed by atoms with Gasteiger partial charge in [-0.05, 0) is 6.07 Å². The Balaban J connectivity index is 1.96. The van der Waals surface area contributed by atoms with E-state index in [-0.39, 0.29) is 0 Å². The summed E-state index contributed by atoms with van der Waals surface area (Å²) in [6.07, 6.45) is 2.32. The first-order valence-electron chi connectivity index (χ1n) is 7.33. The predicted molar refractivity (Wildman–Crippen MR) is 93.5 cm³/mol. The van der Waals surface area contributed by atoms with Crippen LogP contribution in [0.5, 0.6) is 17.2 Å². The second-order valence-electron chi connectivity index (χ2n) is 4.92. The van der Waals surface area contributed by atoms with Crippen molar-refractivity contribution in [3.8, 4) is 17.2 Å². The van der Waals surface area contributed by atoms with E-state index in [1.165, 1.54) is 6.33 Å². The number of nitrogens with one attached hydrogen (secondary N) is 1. The second-order valence-corrected chi connectivity index (χ2v) is 5.64. The van der Waals surface area contributed by atoms with Crippen LogP contribution in [0.25, 0.3) is 10.9 Å². The Morgan fingerprint density at radius 3 is 2.54 bits per heavy atom. The molecule has 0 bridgehead atoms. The number of nitrogens with zero attached hydrogens (tertiary/aromatic N) is 3. The molecule has 1 N–H and O–H groups in total. The van der Waals surface area contributed by atoms with Gasteiger partial charge in [-0.25, -0.2) is 15.0 Å². The van der Waals surface area contributed by atoms with E-state index in [9.17, 15) is 0 Å². The van der Waals surface area contributed by atoms with Crippen LogP contribution in [-0.4, -0.2) is 42.8 Å². The van der Waals surface area contributed by atoms with Gasteiger partial charge < -0.3 is 19.5 Å². The van der Waals surface area contributed by atoms with Gasteiger partial charge in [-0.1, -0.05) is 0 Å². The number of ether oxygens (including phenoxy) is 3. The Hall–Kier alpha value is -2.61. The molecule has 0 aliphatic carbocycles. The standard InChI is InChI=1S/C16H18N4O3S/c1-21-12-6-11-13(15(23-3)14(12)22-2)18-8-19-16(11)17-5-4-10-7-24-9-20-10/h6-9H,4-5H2,1-3H3,(H,17,18,19). The molecule has 3 aromatic rings. The van der Waals surface area contributed by atoms with E-state index >= 15 is 0 Å². The maximum absolute atomic E-state index is 5.48. The largest absolute Gasteiger partial charge is 0.493 e. The highest BCUT2D eigenvalue weighted by Crippen LogP contribution is 2.43. The quantitative estimate of drug-likeness (QED) is 0.705. The van der Waals surface area contributed by atoms with Crippen molar-refractivity contribution in [3.05, 3.63) is 29.0 Å². The first kappa shape index (κ1) is 16.3. The summed E-state index contributed by atoms with van der Waals surface area (Å²) in [6.45, 7) is 0.715. The molecule has 24 heavy (non-hydrogen) atoms. The summed E-state index contributed by atoms with van der Waals surface area (Å²) in [5, 5.41) is 6.18. The Kier molecular flexibility index (Phi) is 4.95. The van der Waals surface area contributed by atoms with Crippen LogP contribution in [0.1, 0.15) is 5.69 Å². The number of hydrogen-bond donors (Lipinski definition) is 1. The number of hydrogen-bond acceptors (Lipinski definition) is 8. The van der Waals surface area contributed by atoms with E-state index in [1.54, 1.807) is 32.7 Å². The van der Waals surface area contributed by atoms with Gasteiger partial charge in [0.2, 0.25) is 5.75 Å². The summed E-state index contributed by atoms with van der Waals surface area (Å²) in [4.78, 5) is 12.9.